The zero-order valence-electron chi connectivity index (χ0n) is 17.9. The third-order valence-corrected chi connectivity index (χ3v) is 6.81. The van der Waals surface area contributed by atoms with Crippen LogP contribution in [0.2, 0.25) is 0 Å². The molecule has 0 bridgehead atoms. The zero-order valence-corrected chi connectivity index (χ0v) is 18.7. The van der Waals surface area contributed by atoms with Gasteiger partial charge in [-0.15, -0.1) is 0 Å². The summed E-state index contributed by atoms with van der Waals surface area (Å²) in [5, 5.41) is 2.94. The van der Waals surface area contributed by atoms with Gasteiger partial charge in [0.05, 0.1) is 10.6 Å². The van der Waals surface area contributed by atoms with E-state index in [0.29, 0.717) is 5.69 Å². The Balaban J connectivity index is 1.74. The second-order valence-electron chi connectivity index (χ2n) is 7.66. The van der Waals surface area contributed by atoms with Crippen LogP contribution in [0.25, 0.3) is 0 Å². The molecule has 0 saturated carbocycles. The van der Waals surface area contributed by atoms with Gasteiger partial charge in [-0.2, -0.15) is 0 Å². The van der Waals surface area contributed by atoms with Gasteiger partial charge in [0.2, 0.25) is 5.91 Å². The van der Waals surface area contributed by atoms with Crippen molar-refractivity contribution in [2.75, 3.05) is 10.8 Å². The molecule has 0 aliphatic rings. The van der Waals surface area contributed by atoms with E-state index in [0.717, 1.165) is 18.4 Å². The number of amides is 1. The molecule has 3 rings (SSSR count). The minimum absolute atomic E-state index is 0.0773. The highest BCUT2D eigenvalue weighted by Gasteiger charge is 2.27. The van der Waals surface area contributed by atoms with E-state index >= 15 is 0 Å². The Morgan fingerprint density at radius 1 is 0.935 bits per heavy atom. The maximum Gasteiger partial charge on any atom is 0.264 e. The van der Waals surface area contributed by atoms with Crippen molar-refractivity contribution in [2.45, 2.75) is 37.6 Å². The fourth-order valence-electron chi connectivity index (χ4n) is 3.37. The van der Waals surface area contributed by atoms with Crippen LogP contribution >= 0.6 is 0 Å². The Kier molecular flexibility index (Phi) is 7.47. The van der Waals surface area contributed by atoms with Crippen LogP contribution in [0.5, 0.6) is 0 Å². The lowest BCUT2D eigenvalue weighted by atomic mass is 10.1. The summed E-state index contributed by atoms with van der Waals surface area (Å²) in [6, 6.07) is 25.3. The molecular weight excluding hydrogens is 408 g/mol. The lowest BCUT2D eigenvalue weighted by Gasteiger charge is -2.25. The first kappa shape index (κ1) is 22.6. The molecule has 3 aromatic rings. The predicted molar refractivity (Wildman–Crippen MR) is 125 cm³/mol. The highest BCUT2D eigenvalue weighted by atomic mass is 32.2. The van der Waals surface area contributed by atoms with Gasteiger partial charge in [0, 0.05) is 6.04 Å². The Hall–Kier alpha value is -3.12. The molecule has 0 fully saturated rings. The maximum absolute atomic E-state index is 13.3. The van der Waals surface area contributed by atoms with E-state index in [4.69, 9.17) is 0 Å². The Bertz CT molecular complexity index is 1100. The third-order valence-electron chi connectivity index (χ3n) is 5.02. The normalized spacial score (nSPS) is 12.2. The molecular formula is C25H28N2O3S. The number of hydrogen-bond donors (Lipinski definition) is 1. The first-order valence-electron chi connectivity index (χ1n) is 10.3. The summed E-state index contributed by atoms with van der Waals surface area (Å²) in [5.74, 6) is -0.332. The lowest BCUT2D eigenvalue weighted by molar-refractivity contribution is -0.120. The second-order valence-corrected chi connectivity index (χ2v) is 9.52. The van der Waals surface area contributed by atoms with Crippen LogP contribution in [0.4, 0.5) is 5.69 Å². The second kappa shape index (κ2) is 10.3. The van der Waals surface area contributed by atoms with E-state index in [1.807, 2.05) is 38.1 Å². The van der Waals surface area contributed by atoms with E-state index in [1.54, 1.807) is 48.5 Å². The number of nitrogens with zero attached hydrogens (tertiary/aromatic N) is 1. The SMILES string of the molecule is Cc1cccc(N(CC(=O)N[C@H](C)CCc2ccccc2)S(=O)(=O)c2ccccc2)c1. The van der Waals surface area contributed by atoms with Gasteiger partial charge in [-0.1, -0.05) is 60.7 Å². The molecule has 0 aliphatic carbocycles. The van der Waals surface area contributed by atoms with E-state index in [-0.39, 0.29) is 23.4 Å². The predicted octanol–water partition coefficient (Wildman–Crippen LogP) is 4.33. The van der Waals surface area contributed by atoms with Crippen LogP contribution < -0.4 is 9.62 Å². The first-order valence-corrected chi connectivity index (χ1v) is 11.8. The average Bonchev–Trinajstić information content (AvgIpc) is 2.77. The highest BCUT2D eigenvalue weighted by Crippen LogP contribution is 2.24. The molecule has 0 saturated heterocycles. The molecule has 1 atom stereocenters. The highest BCUT2D eigenvalue weighted by molar-refractivity contribution is 7.92. The van der Waals surface area contributed by atoms with Crippen LogP contribution in [0.15, 0.2) is 89.8 Å². The van der Waals surface area contributed by atoms with Crippen molar-refractivity contribution < 1.29 is 13.2 Å². The number of aryl methyl sites for hydroxylation is 2. The summed E-state index contributed by atoms with van der Waals surface area (Å²) >= 11 is 0. The molecule has 0 radical (unpaired) electrons. The molecule has 3 aromatic carbocycles. The van der Waals surface area contributed by atoms with Gasteiger partial charge < -0.3 is 5.32 Å². The summed E-state index contributed by atoms with van der Waals surface area (Å²) in [6.07, 6.45) is 1.61. The van der Waals surface area contributed by atoms with Crippen molar-refractivity contribution in [1.82, 2.24) is 5.32 Å². The molecule has 5 nitrogen and oxygen atoms in total. The lowest BCUT2D eigenvalue weighted by Crippen LogP contribution is -2.43. The Labute approximate surface area is 184 Å². The number of nitrogens with one attached hydrogen (secondary N) is 1. The van der Waals surface area contributed by atoms with E-state index in [1.165, 1.54) is 9.87 Å². The minimum Gasteiger partial charge on any atom is -0.352 e. The molecule has 31 heavy (non-hydrogen) atoms. The van der Waals surface area contributed by atoms with E-state index in [2.05, 4.69) is 17.4 Å². The van der Waals surface area contributed by atoms with Gasteiger partial charge in [0.25, 0.3) is 10.0 Å². The van der Waals surface area contributed by atoms with Crippen molar-refractivity contribution in [1.29, 1.82) is 0 Å². The van der Waals surface area contributed by atoms with Gasteiger partial charge in [-0.25, -0.2) is 8.42 Å². The third kappa shape index (κ3) is 6.18. The van der Waals surface area contributed by atoms with Gasteiger partial charge in [0.15, 0.2) is 0 Å². The average molecular weight is 437 g/mol. The minimum atomic E-state index is -3.88. The van der Waals surface area contributed by atoms with Gasteiger partial charge in [-0.3, -0.25) is 9.10 Å². The molecule has 0 spiro atoms. The first-order chi connectivity index (χ1) is 14.9. The van der Waals surface area contributed by atoms with Crippen LogP contribution in [0.3, 0.4) is 0 Å². The van der Waals surface area contributed by atoms with Crippen molar-refractivity contribution in [2.24, 2.45) is 0 Å². The fourth-order valence-corrected chi connectivity index (χ4v) is 4.80. The standard InChI is InChI=1S/C25H28N2O3S/c1-20-10-9-13-23(18-20)27(31(29,30)24-14-7-4-8-15-24)19-25(28)26-21(2)16-17-22-11-5-3-6-12-22/h3-15,18,21H,16-17,19H2,1-2H3,(H,26,28)/t21-/m1/s1. The molecule has 0 aliphatic heterocycles. The number of benzene rings is 3. The zero-order chi connectivity index (χ0) is 22.3. The molecule has 1 N–H and O–H groups in total. The van der Waals surface area contributed by atoms with Crippen LogP contribution in [-0.4, -0.2) is 26.9 Å². The number of sulfonamides is 1. The quantitative estimate of drug-likeness (QED) is 0.543. The number of anilines is 1. The van der Waals surface area contributed by atoms with Crippen molar-refractivity contribution in [3.63, 3.8) is 0 Å². The van der Waals surface area contributed by atoms with Crippen LogP contribution in [0, 0.1) is 6.92 Å². The smallest absolute Gasteiger partial charge is 0.264 e. The molecule has 0 unspecified atom stereocenters. The fraction of sp³-hybridized carbons (Fsp3) is 0.240. The van der Waals surface area contributed by atoms with Crippen molar-refractivity contribution in [3.8, 4) is 0 Å². The number of carbonyl (C=O) groups excluding carboxylic acids is 1. The molecule has 0 heterocycles. The maximum atomic E-state index is 13.3. The number of hydrogen-bond acceptors (Lipinski definition) is 3. The molecule has 6 heteroatoms. The largest absolute Gasteiger partial charge is 0.352 e. The van der Waals surface area contributed by atoms with Gasteiger partial charge in [-0.05, 0) is 62.1 Å². The summed E-state index contributed by atoms with van der Waals surface area (Å²) < 4.78 is 27.8. The van der Waals surface area contributed by atoms with E-state index < -0.39 is 10.0 Å². The molecule has 162 valence electrons. The summed E-state index contributed by atoms with van der Waals surface area (Å²) in [5.41, 5.74) is 2.59. The summed E-state index contributed by atoms with van der Waals surface area (Å²) in [7, 11) is -3.88. The van der Waals surface area contributed by atoms with Gasteiger partial charge in [0.1, 0.15) is 6.54 Å². The number of carbonyl (C=O) groups is 1. The topological polar surface area (TPSA) is 66.5 Å². The Morgan fingerprint density at radius 3 is 2.23 bits per heavy atom. The van der Waals surface area contributed by atoms with Crippen molar-refractivity contribution in [3.05, 3.63) is 96.1 Å². The Morgan fingerprint density at radius 2 is 1.58 bits per heavy atom. The van der Waals surface area contributed by atoms with Crippen LogP contribution in [-0.2, 0) is 21.2 Å². The molecule has 0 aromatic heterocycles. The number of rotatable bonds is 9. The monoisotopic (exact) mass is 436 g/mol. The summed E-state index contributed by atoms with van der Waals surface area (Å²) in [6.45, 7) is 3.54. The molecule has 1 amide bonds. The summed E-state index contributed by atoms with van der Waals surface area (Å²) in [4.78, 5) is 12.9. The van der Waals surface area contributed by atoms with Gasteiger partial charge >= 0.3 is 0 Å². The van der Waals surface area contributed by atoms with Crippen LogP contribution in [0.1, 0.15) is 24.5 Å². The van der Waals surface area contributed by atoms with E-state index in [9.17, 15) is 13.2 Å². The van der Waals surface area contributed by atoms with Crippen molar-refractivity contribution >= 4 is 21.6 Å².